The maximum absolute atomic E-state index is 13.2. The summed E-state index contributed by atoms with van der Waals surface area (Å²) >= 11 is 1.11. The number of aryl methyl sites for hydroxylation is 2. The van der Waals surface area contributed by atoms with Gasteiger partial charge in [-0.3, -0.25) is 9.36 Å². The van der Waals surface area contributed by atoms with Gasteiger partial charge in [0.05, 0.1) is 21.9 Å². The van der Waals surface area contributed by atoms with Crippen molar-refractivity contribution in [1.82, 2.24) is 4.57 Å². The van der Waals surface area contributed by atoms with Crippen molar-refractivity contribution in [1.29, 1.82) is 15.8 Å². The fourth-order valence-electron chi connectivity index (χ4n) is 2.94. The van der Waals surface area contributed by atoms with Gasteiger partial charge in [0.2, 0.25) is 0 Å². The van der Waals surface area contributed by atoms with Crippen molar-refractivity contribution in [2.75, 3.05) is 0 Å². The van der Waals surface area contributed by atoms with Crippen LogP contribution in [0.1, 0.15) is 22.3 Å². The molecule has 0 aliphatic rings. The topological polar surface area (TPSA) is 93.4 Å². The molecular formula is C22H14N4OS. The second kappa shape index (κ2) is 7.76. The summed E-state index contributed by atoms with van der Waals surface area (Å²) in [6.07, 6.45) is 1.70. The van der Waals surface area contributed by atoms with E-state index in [1.54, 1.807) is 30.3 Å². The number of rotatable bonds is 2. The molecule has 3 aromatic rings. The van der Waals surface area contributed by atoms with Gasteiger partial charge in [0.15, 0.2) is 5.57 Å². The molecule has 0 fully saturated rings. The molecule has 0 amide bonds. The predicted octanol–water partition coefficient (Wildman–Crippen LogP) is 2.41. The zero-order valence-corrected chi connectivity index (χ0v) is 16.0. The quantitative estimate of drug-likeness (QED) is 0.680. The Kier molecular flexibility index (Phi) is 5.23. The molecule has 28 heavy (non-hydrogen) atoms. The summed E-state index contributed by atoms with van der Waals surface area (Å²) in [7, 11) is 0. The molecule has 2 aromatic carbocycles. The van der Waals surface area contributed by atoms with E-state index in [-0.39, 0.29) is 11.1 Å². The summed E-state index contributed by atoms with van der Waals surface area (Å²) in [4.78, 5) is 13.2. The zero-order chi connectivity index (χ0) is 20.3. The molecular weight excluding hydrogens is 368 g/mol. The van der Waals surface area contributed by atoms with Crippen molar-refractivity contribution in [2.45, 2.75) is 13.8 Å². The van der Waals surface area contributed by atoms with Gasteiger partial charge in [0, 0.05) is 0 Å². The highest BCUT2D eigenvalue weighted by Crippen LogP contribution is 2.16. The molecule has 0 spiro atoms. The molecule has 0 unspecified atom stereocenters. The lowest BCUT2D eigenvalue weighted by Gasteiger charge is -2.10. The molecule has 1 aromatic heterocycles. The molecule has 0 aliphatic carbocycles. The minimum absolute atomic E-state index is 0.107. The first kappa shape index (κ1) is 18.9. The monoisotopic (exact) mass is 382 g/mol. The predicted molar refractivity (Wildman–Crippen MR) is 108 cm³/mol. The zero-order valence-electron chi connectivity index (χ0n) is 15.2. The fourth-order valence-corrected chi connectivity index (χ4v) is 3.98. The third-order valence-corrected chi connectivity index (χ3v) is 5.35. The van der Waals surface area contributed by atoms with E-state index in [1.165, 1.54) is 4.57 Å². The third kappa shape index (κ3) is 3.35. The summed E-state index contributed by atoms with van der Waals surface area (Å²) in [6.45, 7) is 3.78. The molecule has 5 nitrogen and oxygen atoms in total. The molecule has 0 radical (unpaired) electrons. The van der Waals surface area contributed by atoms with Gasteiger partial charge in [-0.05, 0) is 48.7 Å². The fraction of sp³-hybridized carbons (Fsp3) is 0.0909. The normalized spacial score (nSPS) is 10.8. The van der Waals surface area contributed by atoms with Crippen LogP contribution in [0.4, 0.5) is 0 Å². The van der Waals surface area contributed by atoms with Gasteiger partial charge in [-0.1, -0.05) is 30.3 Å². The van der Waals surface area contributed by atoms with Crippen molar-refractivity contribution >= 4 is 23.0 Å². The Labute approximate surface area is 165 Å². The van der Waals surface area contributed by atoms with Gasteiger partial charge in [0.25, 0.3) is 5.56 Å². The lowest BCUT2D eigenvalue weighted by molar-refractivity contribution is 0.962. The van der Waals surface area contributed by atoms with Crippen LogP contribution in [0.2, 0.25) is 0 Å². The Morgan fingerprint density at radius 2 is 1.61 bits per heavy atom. The molecule has 0 aliphatic heterocycles. The number of hydrogen-bond donors (Lipinski definition) is 0. The molecule has 1 heterocycles. The van der Waals surface area contributed by atoms with Crippen LogP contribution in [0.3, 0.4) is 0 Å². The summed E-state index contributed by atoms with van der Waals surface area (Å²) in [5.41, 5.74) is 3.33. The second-order valence-electron chi connectivity index (χ2n) is 6.13. The van der Waals surface area contributed by atoms with Crippen LogP contribution >= 0.6 is 11.3 Å². The molecule has 3 rings (SSSR count). The van der Waals surface area contributed by atoms with Crippen molar-refractivity contribution in [3.8, 4) is 23.9 Å². The van der Waals surface area contributed by atoms with E-state index in [9.17, 15) is 15.3 Å². The second-order valence-corrected chi connectivity index (χ2v) is 7.16. The lowest BCUT2D eigenvalue weighted by Crippen LogP contribution is -2.31. The summed E-state index contributed by atoms with van der Waals surface area (Å²) in [5, 5.41) is 27.7. The molecule has 6 heteroatoms. The number of nitrogens with zero attached hydrogens (tertiary/aromatic N) is 4. The van der Waals surface area contributed by atoms with Gasteiger partial charge in [-0.15, -0.1) is 11.3 Å². The molecule has 0 saturated heterocycles. The molecule has 0 atom stereocenters. The van der Waals surface area contributed by atoms with E-state index in [0.717, 1.165) is 28.0 Å². The Bertz CT molecular complexity index is 1330. The van der Waals surface area contributed by atoms with Crippen molar-refractivity contribution in [2.24, 2.45) is 0 Å². The van der Waals surface area contributed by atoms with Crippen LogP contribution in [-0.4, -0.2) is 4.57 Å². The number of aromatic nitrogens is 1. The van der Waals surface area contributed by atoms with E-state index in [0.29, 0.717) is 20.4 Å². The summed E-state index contributed by atoms with van der Waals surface area (Å²) in [6, 6.07) is 18.4. The third-order valence-electron chi connectivity index (χ3n) is 4.26. The molecule has 0 N–H and O–H groups in total. The first-order chi connectivity index (χ1) is 13.5. The number of benzene rings is 2. The largest absolute Gasteiger partial charge is 0.273 e. The average molecular weight is 382 g/mol. The Morgan fingerprint density at radius 1 is 1.00 bits per heavy atom. The maximum Gasteiger partial charge on any atom is 0.273 e. The summed E-state index contributed by atoms with van der Waals surface area (Å²) in [5.74, 6) is 0. The highest BCUT2D eigenvalue weighted by molar-refractivity contribution is 7.07. The summed E-state index contributed by atoms with van der Waals surface area (Å²) < 4.78 is 2.17. The van der Waals surface area contributed by atoms with Crippen molar-refractivity contribution in [3.63, 3.8) is 0 Å². The van der Waals surface area contributed by atoms with Crippen LogP contribution in [0.25, 0.3) is 17.3 Å². The minimum atomic E-state index is -0.287. The van der Waals surface area contributed by atoms with Crippen LogP contribution in [0.5, 0.6) is 0 Å². The smallest absolute Gasteiger partial charge is 0.267 e. The van der Waals surface area contributed by atoms with Gasteiger partial charge in [0.1, 0.15) is 16.8 Å². The van der Waals surface area contributed by atoms with E-state index in [1.807, 2.05) is 44.2 Å². The Hall–Kier alpha value is -3.92. The van der Waals surface area contributed by atoms with E-state index in [2.05, 4.69) is 6.07 Å². The van der Waals surface area contributed by atoms with E-state index < -0.39 is 0 Å². The van der Waals surface area contributed by atoms with Crippen molar-refractivity contribution in [3.05, 3.63) is 84.3 Å². The molecule has 0 bridgehead atoms. The van der Waals surface area contributed by atoms with Crippen LogP contribution in [0.15, 0.2) is 47.3 Å². The number of thiazole rings is 1. The van der Waals surface area contributed by atoms with Crippen LogP contribution in [-0.2, 0) is 0 Å². The van der Waals surface area contributed by atoms with Gasteiger partial charge in [-0.25, -0.2) is 0 Å². The lowest BCUT2D eigenvalue weighted by atomic mass is 10.1. The average Bonchev–Trinajstić information content (AvgIpc) is 3.00. The van der Waals surface area contributed by atoms with E-state index >= 15 is 0 Å². The van der Waals surface area contributed by atoms with Gasteiger partial charge < -0.3 is 0 Å². The number of para-hydroxylation sites is 1. The van der Waals surface area contributed by atoms with Gasteiger partial charge in [-0.2, -0.15) is 15.8 Å². The van der Waals surface area contributed by atoms with E-state index in [4.69, 9.17) is 5.26 Å². The standard InChI is InChI=1S/C22H14N4OS/c1-14-4-3-5-15(2)20(14)26-21(27)19(28-22(26)18(12-24)13-25)10-16-6-8-17(11-23)9-7-16/h3-10H,1-2H3/b19-10+. The SMILES string of the molecule is Cc1cccc(C)c1-n1c(=C(C#N)C#N)s/c(=C/c2ccc(C#N)cc2)c1=O. The molecule has 134 valence electrons. The number of hydrogen-bond acceptors (Lipinski definition) is 5. The molecule has 0 saturated carbocycles. The first-order valence-electron chi connectivity index (χ1n) is 8.35. The Morgan fingerprint density at radius 3 is 2.14 bits per heavy atom. The number of nitriles is 3. The maximum atomic E-state index is 13.2. The van der Waals surface area contributed by atoms with Crippen LogP contribution < -0.4 is 14.8 Å². The first-order valence-corrected chi connectivity index (χ1v) is 9.16. The highest BCUT2D eigenvalue weighted by atomic mass is 32.1. The highest BCUT2D eigenvalue weighted by Gasteiger charge is 2.14. The van der Waals surface area contributed by atoms with Crippen LogP contribution in [0, 0.1) is 47.8 Å². The minimum Gasteiger partial charge on any atom is -0.267 e. The van der Waals surface area contributed by atoms with Crippen molar-refractivity contribution < 1.29 is 0 Å². The Balaban J connectivity index is 2.42. The van der Waals surface area contributed by atoms with Gasteiger partial charge >= 0.3 is 0 Å².